The predicted octanol–water partition coefficient (Wildman–Crippen LogP) is 8.62. The number of rotatable bonds is 28. The summed E-state index contributed by atoms with van der Waals surface area (Å²) in [6.45, 7) is 4.32. The van der Waals surface area contributed by atoms with E-state index in [1.165, 1.54) is 122 Å². The first-order valence-corrected chi connectivity index (χ1v) is 15.7. The van der Waals surface area contributed by atoms with Crippen molar-refractivity contribution < 1.29 is 15.0 Å². The highest BCUT2D eigenvalue weighted by Crippen LogP contribution is 2.15. The number of carbonyl (C=O) groups excluding carboxylic acids is 1. The summed E-state index contributed by atoms with van der Waals surface area (Å²) < 4.78 is 0. The second kappa shape index (κ2) is 28.0. The Morgan fingerprint density at radius 2 is 0.914 bits per heavy atom. The second-order valence-corrected chi connectivity index (χ2v) is 10.9. The van der Waals surface area contributed by atoms with Gasteiger partial charge in [-0.3, -0.25) is 4.79 Å². The van der Waals surface area contributed by atoms with Gasteiger partial charge in [-0.05, 0) is 12.8 Å². The minimum absolute atomic E-state index is 0.0352. The zero-order valence-corrected chi connectivity index (χ0v) is 23.8. The van der Waals surface area contributed by atoms with Crippen molar-refractivity contribution in [1.82, 2.24) is 5.32 Å². The second-order valence-electron chi connectivity index (χ2n) is 10.9. The lowest BCUT2D eigenvalue weighted by atomic mass is 10.0. The van der Waals surface area contributed by atoms with E-state index in [0.717, 1.165) is 25.7 Å². The molecule has 0 spiro atoms. The van der Waals surface area contributed by atoms with E-state index in [9.17, 15) is 15.0 Å². The third-order valence-corrected chi connectivity index (χ3v) is 7.37. The molecule has 2 unspecified atom stereocenters. The van der Waals surface area contributed by atoms with Crippen LogP contribution < -0.4 is 5.32 Å². The van der Waals surface area contributed by atoms with Crippen LogP contribution in [0.3, 0.4) is 0 Å². The summed E-state index contributed by atoms with van der Waals surface area (Å²) in [6.07, 6.45) is 30.0. The fourth-order valence-corrected chi connectivity index (χ4v) is 4.89. The maximum absolute atomic E-state index is 12.2. The molecular weight excluding hydrogens is 434 g/mol. The highest BCUT2D eigenvalue weighted by Gasteiger charge is 2.19. The van der Waals surface area contributed by atoms with Gasteiger partial charge in [0.05, 0.1) is 18.8 Å². The van der Waals surface area contributed by atoms with Crippen LogP contribution >= 0.6 is 0 Å². The highest BCUT2D eigenvalue weighted by molar-refractivity contribution is 5.76. The standard InChI is InChI=1S/C31H63NO3/c1-3-5-7-9-11-13-14-15-16-17-19-20-22-24-26-30(34)29(28-33)32-31(35)27-25-23-21-18-12-10-8-6-4-2/h29-30,33-34H,3-28H2,1-2H3,(H,32,35). The van der Waals surface area contributed by atoms with Gasteiger partial charge in [0.1, 0.15) is 0 Å². The molecule has 0 heterocycles. The van der Waals surface area contributed by atoms with Crippen molar-refractivity contribution in [2.75, 3.05) is 6.61 Å². The van der Waals surface area contributed by atoms with Crippen LogP contribution in [0.4, 0.5) is 0 Å². The summed E-state index contributed by atoms with van der Waals surface area (Å²) in [6, 6.07) is -0.525. The molecule has 1 amide bonds. The maximum Gasteiger partial charge on any atom is 0.220 e. The normalized spacial score (nSPS) is 13.1. The molecule has 0 aromatic carbocycles. The van der Waals surface area contributed by atoms with Crippen molar-refractivity contribution in [3.05, 3.63) is 0 Å². The average Bonchev–Trinajstić information content (AvgIpc) is 2.86. The van der Waals surface area contributed by atoms with Crippen LogP contribution in [0.1, 0.15) is 174 Å². The zero-order valence-electron chi connectivity index (χ0n) is 23.8. The smallest absolute Gasteiger partial charge is 0.220 e. The van der Waals surface area contributed by atoms with Gasteiger partial charge in [0, 0.05) is 6.42 Å². The highest BCUT2D eigenvalue weighted by atomic mass is 16.3. The maximum atomic E-state index is 12.2. The SMILES string of the molecule is CCCCCCCCCCCCCCCCC(O)C(CO)NC(=O)CCCCCCCCCCC. The van der Waals surface area contributed by atoms with E-state index in [0.29, 0.717) is 12.8 Å². The summed E-state index contributed by atoms with van der Waals surface area (Å²) in [5.74, 6) is -0.0352. The number of hydrogen-bond acceptors (Lipinski definition) is 3. The first-order valence-electron chi connectivity index (χ1n) is 15.7. The summed E-state index contributed by atoms with van der Waals surface area (Å²) >= 11 is 0. The van der Waals surface area contributed by atoms with Crippen molar-refractivity contribution in [1.29, 1.82) is 0 Å². The Morgan fingerprint density at radius 1 is 0.571 bits per heavy atom. The Kier molecular flexibility index (Phi) is 27.5. The Bertz CT molecular complexity index is 429. The van der Waals surface area contributed by atoms with Crippen LogP contribution in [0, 0.1) is 0 Å². The molecule has 0 aliphatic carbocycles. The van der Waals surface area contributed by atoms with Crippen LogP contribution in [0.5, 0.6) is 0 Å². The molecule has 0 aliphatic rings. The van der Waals surface area contributed by atoms with Crippen LogP contribution in [0.15, 0.2) is 0 Å². The molecule has 0 rings (SSSR count). The third kappa shape index (κ3) is 24.8. The van der Waals surface area contributed by atoms with E-state index in [1.54, 1.807) is 0 Å². The average molecular weight is 498 g/mol. The molecular formula is C31H63NO3. The number of hydrogen-bond donors (Lipinski definition) is 3. The lowest BCUT2D eigenvalue weighted by molar-refractivity contribution is -0.123. The van der Waals surface area contributed by atoms with Gasteiger partial charge in [-0.25, -0.2) is 0 Å². The van der Waals surface area contributed by atoms with E-state index < -0.39 is 12.1 Å². The molecule has 2 atom stereocenters. The zero-order chi connectivity index (χ0) is 25.8. The lowest BCUT2D eigenvalue weighted by Crippen LogP contribution is -2.45. The Morgan fingerprint density at radius 3 is 1.29 bits per heavy atom. The van der Waals surface area contributed by atoms with Gasteiger partial charge < -0.3 is 15.5 Å². The molecule has 4 heteroatoms. The molecule has 0 saturated carbocycles. The van der Waals surface area contributed by atoms with Crippen molar-refractivity contribution in [3.8, 4) is 0 Å². The van der Waals surface area contributed by atoms with Crippen LogP contribution in [0.25, 0.3) is 0 Å². The molecule has 0 saturated heterocycles. The summed E-state index contributed by atoms with van der Waals surface area (Å²) in [5.41, 5.74) is 0. The van der Waals surface area contributed by atoms with Crippen molar-refractivity contribution in [2.45, 2.75) is 187 Å². The minimum Gasteiger partial charge on any atom is -0.394 e. The van der Waals surface area contributed by atoms with Gasteiger partial charge in [0.15, 0.2) is 0 Å². The topological polar surface area (TPSA) is 69.6 Å². The van der Waals surface area contributed by atoms with E-state index in [4.69, 9.17) is 0 Å². The molecule has 0 bridgehead atoms. The molecule has 35 heavy (non-hydrogen) atoms. The Labute approximate surface area is 219 Å². The monoisotopic (exact) mass is 497 g/mol. The first-order chi connectivity index (χ1) is 17.2. The molecule has 4 nitrogen and oxygen atoms in total. The predicted molar refractivity (Wildman–Crippen MR) is 152 cm³/mol. The van der Waals surface area contributed by atoms with Gasteiger partial charge in [-0.15, -0.1) is 0 Å². The van der Waals surface area contributed by atoms with Crippen molar-refractivity contribution >= 4 is 5.91 Å². The largest absolute Gasteiger partial charge is 0.394 e. The van der Waals surface area contributed by atoms with Gasteiger partial charge in [-0.2, -0.15) is 0 Å². The van der Waals surface area contributed by atoms with E-state index in [1.807, 2.05) is 0 Å². The van der Waals surface area contributed by atoms with E-state index in [2.05, 4.69) is 19.2 Å². The number of carbonyl (C=O) groups is 1. The third-order valence-electron chi connectivity index (χ3n) is 7.37. The lowest BCUT2D eigenvalue weighted by Gasteiger charge is -2.22. The fraction of sp³-hybridized carbons (Fsp3) is 0.968. The van der Waals surface area contributed by atoms with Gasteiger partial charge in [-0.1, -0.05) is 155 Å². The summed E-state index contributed by atoms with van der Waals surface area (Å²) in [5, 5.41) is 22.9. The molecule has 0 fully saturated rings. The molecule has 0 aromatic heterocycles. The molecule has 0 aromatic rings. The quantitative estimate of drug-likeness (QED) is 0.0947. The Balaban J connectivity index is 3.56. The van der Waals surface area contributed by atoms with Crippen LogP contribution in [-0.4, -0.2) is 34.9 Å². The van der Waals surface area contributed by atoms with Gasteiger partial charge >= 0.3 is 0 Å². The first kappa shape index (κ1) is 34.4. The number of unbranched alkanes of at least 4 members (excludes halogenated alkanes) is 21. The number of aliphatic hydroxyl groups excluding tert-OH is 2. The number of aliphatic hydroxyl groups is 2. The minimum atomic E-state index is -0.649. The molecule has 0 radical (unpaired) electrons. The van der Waals surface area contributed by atoms with Crippen LogP contribution in [0.2, 0.25) is 0 Å². The molecule has 0 aliphatic heterocycles. The van der Waals surface area contributed by atoms with Crippen LogP contribution in [-0.2, 0) is 4.79 Å². The van der Waals surface area contributed by atoms with E-state index in [-0.39, 0.29) is 12.5 Å². The van der Waals surface area contributed by atoms with E-state index >= 15 is 0 Å². The number of nitrogens with one attached hydrogen (secondary N) is 1. The summed E-state index contributed by atoms with van der Waals surface area (Å²) in [4.78, 5) is 12.2. The fourth-order valence-electron chi connectivity index (χ4n) is 4.89. The van der Waals surface area contributed by atoms with Gasteiger partial charge in [0.2, 0.25) is 5.91 Å². The number of amides is 1. The molecule has 3 N–H and O–H groups in total. The van der Waals surface area contributed by atoms with Gasteiger partial charge in [0.25, 0.3) is 0 Å². The molecule has 210 valence electrons. The Hall–Kier alpha value is -0.610. The van der Waals surface area contributed by atoms with Crippen molar-refractivity contribution in [3.63, 3.8) is 0 Å². The summed E-state index contributed by atoms with van der Waals surface area (Å²) in [7, 11) is 0. The van der Waals surface area contributed by atoms with Crippen molar-refractivity contribution in [2.24, 2.45) is 0 Å².